The highest BCUT2D eigenvalue weighted by atomic mass is 79.9. The van der Waals surface area contributed by atoms with Crippen molar-refractivity contribution < 1.29 is 0 Å². The molecule has 1 aromatic carbocycles. The van der Waals surface area contributed by atoms with Crippen molar-refractivity contribution in [1.82, 2.24) is 0 Å². The third kappa shape index (κ3) is 4.63. The van der Waals surface area contributed by atoms with Gasteiger partial charge in [-0.25, -0.2) is 0 Å². The summed E-state index contributed by atoms with van der Waals surface area (Å²) in [6.45, 7) is 3.71. The highest BCUT2D eigenvalue weighted by Crippen LogP contribution is 2.18. The Labute approximate surface area is 101 Å². The molecule has 0 aromatic heterocycles. The predicted octanol–water partition coefficient (Wildman–Crippen LogP) is 3.68. The van der Waals surface area contributed by atoms with Crippen LogP contribution in [0.2, 0.25) is 0 Å². The van der Waals surface area contributed by atoms with Gasteiger partial charge in [0.05, 0.1) is 0 Å². The Morgan fingerprint density at radius 2 is 2.13 bits per heavy atom. The summed E-state index contributed by atoms with van der Waals surface area (Å²) in [5.74, 6) is 0. The average molecular weight is 268 g/mol. The van der Waals surface area contributed by atoms with Gasteiger partial charge in [0.1, 0.15) is 0 Å². The highest BCUT2D eigenvalue weighted by molar-refractivity contribution is 9.10. The van der Waals surface area contributed by atoms with Crippen molar-refractivity contribution in [2.45, 2.75) is 31.7 Å². The standard InChI is InChI=1S/C13H18BrN/c1-2-3-4-8-12(15)10-11-7-5-6-9-13(11)14/h2,5-7,9,12H,1,3-4,8,10,15H2. The summed E-state index contributed by atoms with van der Waals surface area (Å²) < 4.78 is 1.16. The summed E-state index contributed by atoms with van der Waals surface area (Å²) in [6, 6.07) is 8.51. The lowest BCUT2D eigenvalue weighted by atomic mass is 10.0. The molecule has 1 aromatic rings. The fraction of sp³-hybridized carbons (Fsp3) is 0.385. The van der Waals surface area contributed by atoms with Gasteiger partial charge in [0, 0.05) is 10.5 Å². The van der Waals surface area contributed by atoms with Crippen LogP contribution in [0.1, 0.15) is 24.8 Å². The summed E-state index contributed by atoms with van der Waals surface area (Å²) in [6.07, 6.45) is 6.15. The molecular formula is C13H18BrN. The number of unbranched alkanes of at least 4 members (excludes halogenated alkanes) is 1. The van der Waals surface area contributed by atoms with Gasteiger partial charge in [-0.2, -0.15) is 0 Å². The lowest BCUT2D eigenvalue weighted by molar-refractivity contribution is 0.583. The molecule has 0 aliphatic heterocycles. The maximum absolute atomic E-state index is 6.06. The number of allylic oxidation sites excluding steroid dienone is 1. The van der Waals surface area contributed by atoms with Crippen molar-refractivity contribution in [3.63, 3.8) is 0 Å². The maximum atomic E-state index is 6.06. The zero-order valence-corrected chi connectivity index (χ0v) is 10.5. The number of hydrogen-bond acceptors (Lipinski definition) is 1. The minimum Gasteiger partial charge on any atom is -0.327 e. The molecule has 0 heterocycles. The fourth-order valence-corrected chi connectivity index (χ4v) is 2.02. The molecule has 1 atom stereocenters. The normalized spacial score (nSPS) is 12.4. The first-order valence-electron chi connectivity index (χ1n) is 5.34. The van der Waals surface area contributed by atoms with E-state index in [0.29, 0.717) is 0 Å². The summed E-state index contributed by atoms with van der Waals surface area (Å²) >= 11 is 3.53. The number of benzene rings is 1. The maximum Gasteiger partial charge on any atom is 0.0207 e. The lowest BCUT2D eigenvalue weighted by Crippen LogP contribution is -2.22. The van der Waals surface area contributed by atoms with E-state index in [0.717, 1.165) is 30.2 Å². The Morgan fingerprint density at radius 3 is 2.80 bits per heavy atom. The van der Waals surface area contributed by atoms with Gasteiger partial charge in [0.15, 0.2) is 0 Å². The number of hydrogen-bond donors (Lipinski definition) is 1. The van der Waals surface area contributed by atoms with Crippen LogP contribution in [-0.2, 0) is 6.42 Å². The second-order valence-corrected chi connectivity index (χ2v) is 4.63. The molecule has 2 N–H and O–H groups in total. The van der Waals surface area contributed by atoms with Gasteiger partial charge in [0.2, 0.25) is 0 Å². The van der Waals surface area contributed by atoms with Crippen molar-refractivity contribution in [2.24, 2.45) is 5.73 Å². The molecule has 0 saturated carbocycles. The second-order valence-electron chi connectivity index (χ2n) is 3.78. The quantitative estimate of drug-likeness (QED) is 0.618. The average Bonchev–Trinajstić information content (AvgIpc) is 2.22. The van der Waals surface area contributed by atoms with Crippen molar-refractivity contribution in [3.05, 3.63) is 47.0 Å². The van der Waals surface area contributed by atoms with Crippen LogP contribution in [-0.4, -0.2) is 6.04 Å². The fourth-order valence-electron chi connectivity index (χ4n) is 1.57. The van der Waals surface area contributed by atoms with Crippen LogP contribution in [0.3, 0.4) is 0 Å². The Bertz CT molecular complexity index is 309. The minimum atomic E-state index is 0.253. The third-order valence-corrected chi connectivity index (χ3v) is 3.20. The lowest BCUT2D eigenvalue weighted by Gasteiger charge is -2.12. The summed E-state index contributed by atoms with van der Waals surface area (Å²) in [5, 5.41) is 0. The molecule has 0 aliphatic rings. The smallest absolute Gasteiger partial charge is 0.0207 e. The van der Waals surface area contributed by atoms with Gasteiger partial charge in [-0.1, -0.05) is 40.2 Å². The van der Waals surface area contributed by atoms with E-state index in [4.69, 9.17) is 5.73 Å². The molecule has 0 aliphatic carbocycles. The van der Waals surface area contributed by atoms with E-state index < -0.39 is 0 Å². The number of nitrogens with two attached hydrogens (primary N) is 1. The second kappa shape index (κ2) is 6.81. The molecule has 1 rings (SSSR count). The highest BCUT2D eigenvalue weighted by Gasteiger charge is 2.05. The SMILES string of the molecule is C=CCCCC(N)Cc1ccccc1Br. The first-order valence-corrected chi connectivity index (χ1v) is 6.13. The Morgan fingerprint density at radius 1 is 1.40 bits per heavy atom. The molecule has 0 bridgehead atoms. The Hall–Kier alpha value is -0.600. The molecule has 0 saturated heterocycles. The summed E-state index contributed by atoms with van der Waals surface area (Å²) in [5.41, 5.74) is 7.36. The molecule has 82 valence electrons. The molecule has 15 heavy (non-hydrogen) atoms. The van der Waals surface area contributed by atoms with Crippen LogP contribution in [0.5, 0.6) is 0 Å². The topological polar surface area (TPSA) is 26.0 Å². The largest absolute Gasteiger partial charge is 0.327 e. The predicted molar refractivity (Wildman–Crippen MR) is 69.9 cm³/mol. The van der Waals surface area contributed by atoms with Crippen molar-refractivity contribution in [1.29, 1.82) is 0 Å². The van der Waals surface area contributed by atoms with Crippen LogP contribution >= 0.6 is 15.9 Å². The van der Waals surface area contributed by atoms with Crippen molar-refractivity contribution >= 4 is 15.9 Å². The number of halogens is 1. The van der Waals surface area contributed by atoms with Gasteiger partial charge in [-0.05, 0) is 37.3 Å². The summed E-state index contributed by atoms with van der Waals surface area (Å²) in [7, 11) is 0. The van der Waals surface area contributed by atoms with E-state index in [9.17, 15) is 0 Å². The molecule has 1 unspecified atom stereocenters. The molecule has 0 amide bonds. The zero-order valence-electron chi connectivity index (χ0n) is 8.95. The Balaban J connectivity index is 2.40. The van der Waals surface area contributed by atoms with E-state index in [1.807, 2.05) is 12.1 Å². The van der Waals surface area contributed by atoms with E-state index >= 15 is 0 Å². The van der Waals surface area contributed by atoms with Gasteiger partial charge >= 0.3 is 0 Å². The van der Waals surface area contributed by atoms with Gasteiger partial charge in [-0.3, -0.25) is 0 Å². The molecule has 0 spiro atoms. The zero-order chi connectivity index (χ0) is 11.1. The van der Waals surface area contributed by atoms with Gasteiger partial charge in [-0.15, -0.1) is 6.58 Å². The van der Waals surface area contributed by atoms with Gasteiger partial charge in [0.25, 0.3) is 0 Å². The van der Waals surface area contributed by atoms with E-state index in [-0.39, 0.29) is 6.04 Å². The van der Waals surface area contributed by atoms with Crippen molar-refractivity contribution in [3.8, 4) is 0 Å². The molecular weight excluding hydrogens is 250 g/mol. The van der Waals surface area contributed by atoms with Crippen LogP contribution < -0.4 is 5.73 Å². The summed E-state index contributed by atoms with van der Waals surface area (Å²) in [4.78, 5) is 0. The van der Waals surface area contributed by atoms with Crippen LogP contribution in [0.4, 0.5) is 0 Å². The van der Waals surface area contributed by atoms with Crippen molar-refractivity contribution in [2.75, 3.05) is 0 Å². The molecule has 0 radical (unpaired) electrons. The third-order valence-electron chi connectivity index (χ3n) is 2.42. The molecule has 1 nitrogen and oxygen atoms in total. The van der Waals surface area contributed by atoms with Crippen LogP contribution in [0.15, 0.2) is 41.4 Å². The van der Waals surface area contributed by atoms with E-state index in [1.165, 1.54) is 5.56 Å². The first kappa shape index (κ1) is 12.5. The van der Waals surface area contributed by atoms with Crippen LogP contribution in [0.25, 0.3) is 0 Å². The van der Waals surface area contributed by atoms with E-state index in [1.54, 1.807) is 0 Å². The first-order chi connectivity index (χ1) is 7.24. The van der Waals surface area contributed by atoms with E-state index in [2.05, 4.69) is 40.7 Å². The Kier molecular flexibility index (Phi) is 5.66. The minimum absolute atomic E-state index is 0.253. The molecule has 2 heteroatoms. The number of rotatable bonds is 6. The molecule has 0 fully saturated rings. The van der Waals surface area contributed by atoms with Gasteiger partial charge < -0.3 is 5.73 Å². The monoisotopic (exact) mass is 267 g/mol. The van der Waals surface area contributed by atoms with Crippen LogP contribution in [0, 0.1) is 0 Å².